The highest BCUT2D eigenvalue weighted by molar-refractivity contribution is 5.94. The molecular weight excluding hydrogens is 248 g/mol. The van der Waals surface area contributed by atoms with E-state index in [2.05, 4.69) is 10.4 Å². The van der Waals surface area contributed by atoms with E-state index in [4.69, 9.17) is 0 Å². The predicted octanol–water partition coefficient (Wildman–Crippen LogP) is 1.55. The van der Waals surface area contributed by atoms with Gasteiger partial charge >= 0.3 is 0 Å². The lowest BCUT2D eigenvalue weighted by molar-refractivity contribution is -0.497. The van der Waals surface area contributed by atoms with Crippen LogP contribution in [0.3, 0.4) is 0 Å². The van der Waals surface area contributed by atoms with Gasteiger partial charge in [-0.25, -0.2) is 4.68 Å². The highest BCUT2D eigenvalue weighted by Crippen LogP contribution is 2.34. The van der Waals surface area contributed by atoms with Crippen molar-refractivity contribution >= 4 is 11.7 Å². The monoisotopic (exact) mass is 266 g/mol. The number of hydrogen-bond acceptors (Lipinski definition) is 4. The molecule has 0 aromatic carbocycles. The number of aromatic nitrogens is 2. The van der Waals surface area contributed by atoms with Gasteiger partial charge in [-0.05, 0) is 27.7 Å². The summed E-state index contributed by atoms with van der Waals surface area (Å²) in [5, 5.41) is 17.6. The Hall–Kier alpha value is -1.92. The van der Waals surface area contributed by atoms with Crippen LogP contribution in [0.1, 0.15) is 32.9 Å². The van der Waals surface area contributed by atoms with E-state index in [1.807, 2.05) is 27.7 Å². The van der Waals surface area contributed by atoms with Gasteiger partial charge in [0.2, 0.25) is 11.9 Å². The fraction of sp³-hybridized carbons (Fsp3) is 0.667. The zero-order valence-corrected chi connectivity index (χ0v) is 11.5. The molecule has 1 fully saturated rings. The Balaban J connectivity index is 2.12. The first-order valence-corrected chi connectivity index (χ1v) is 6.21. The molecule has 1 aromatic heterocycles. The summed E-state index contributed by atoms with van der Waals surface area (Å²) >= 11 is 0. The fourth-order valence-electron chi connectivity index (χ4n) is 2.02. The average molecular weight is 266 g/mol. The van der Waals surface area contributed by atoms with E-state index in [0.717, 1.165) is 5.69 Å². The molecule has 0 bridgehead atoms. The largest absolute Gasteiger partial charge is 0.310 e. The van der Waals surface area contributed by atoms with Crippen LogP contribution in [0.2, 0.25) is 0 Å². The Morgan fingerprint density at radius 3 is 2.68 bits per heavy atom. The zero-order chi connectivity index (χ0) is 14.4. The Morgan fingerprint density at radius 1 is 1.58 bits per heavy atom. The van der Waals surface area contributed by atoms with Gasteiger partial charge in [0.05, 0.1) is 11.2 Å². The molecule has 0 saturated heterocycles. The first kappa shape index (κ1) is 13.5. The number of hydrogen-bond donors (Lipinski definition) is 1. The number of nitrogens with zero attached hydrogens (tertiary/aromatic N) is 3. The maximum atomic E-state index is 11.9. The quantitative estimate of drug-likeness (QED) is 0.663. The minimum absolute atomic E-state index is 0.261. The van der Waals surface area contributed by atoms with Crippen LogP contribution in [0.4, 0.5) is 5.82 Å². The van der Waals surface area contributed by atoms with Gasteiger partial charge in [-0.1, -0.05) is 0 Å². The molecular formula is C12H18N4O3. The Labute approximate surface area is 111 Å². The van der Waals surface area contributed by atoms with Crippen molar-refractivity contribution in [3.05, 3.63) is 21.9 Å². The van der Waals surface area contributed by atoms with Gasteiger partial charge in [-0.15, -0.1) is 0 Å². The number of nitro groups is 1. The van der Waals surface area contributed by atoms with E-state index in [-0.39, 0.29) is 11.4 Å². The molecule has 104 valence electrons. The molecule has 19 heavy (non-hydrogen) atoms. The lowest BCUT2D eigenvalue weighted by Crippen LogP contribution is -2.27. The number of anilines is 1. The third-order valence-corrected chi connectivity index (χ3v) is 3.08. The van der Waals surface area contributed by atoms with Crippen molar-refractivity contribution in [3.63, 3.8) is 0 Å². The molecule has 2 rings (SSSR count). The summed E-state index contributed by atoms with van der Waals surface area (Å²) < 4.78 is 1.73. The van der Waals surface area contributed by atoms with Crippen molar-refractivity contribution in [3.8, 4) is 0 Å². The molecule has 1 aromatic rings. The molecule has 0 spiro atoms. The van der Waals surface area contributed by atoms with Gasteiger partial charge in [0.25, 0.3) is 0 Å². The topological polar surface area (TPSA) is 90.1 Å². The number of carbonyl (C=O) groups is 1. The molecule has 7 heteroatoms. The summed E-state index contributed by atoms with van der Waals surface area (Å²) in [6, 6.07) is 1.04. The molecule has 2 atom stereocenters. The summed E-state index contributed by atoms with van der Waals surface area (Å²) in [5.41, 5.74) is 0.537. The second-order valence-electron chi connectivity index (χ2n) is 5.94. The van der Waals surface area contributed by atoms with Crippen LogP contribution in [0.15, 0.2) is 6.07 Å². The van der Waals surface area contributed by atoms with Gasteiger partial charge in [-0.3, -0.25) is 14.9 Å². The average Bonchev–Trinajstić information content (AvgIpc) is 2.96. The molecule has 1 amide bonds. The number of amides is 1. The molecule has 0 unspecified atom stereocenters. The van der Waals surface area contributed by atoms with Crippen LogP contribution in [-0.2, 0) is 10.3 Å². The highest BCUT2D eigenvalue weighted by atomic mass is 16.6. The first-order chi connectivity index (χ1) is 8.70. The van der Waals surface area contributed by atoms with Gasteiger partial charge in [0.1, 0.15) is 11.7 Å². The number of carbonyl (C=O) groups excluding carboxylic acids is 1. The third kappa shape index (κ3) is 2.74. The molecule has 1 heterocycles. The molecule has 7 nitrogen and oxygen atoms in total. The first-order valence-electron chi connectivity index (χ1n) is 6.21. The molecule has 1 aliphatic rings. The van der Waals surface area contributed by atoms with Crippen LogP contribution < -0.4 is 5.32 Å². The molecule has 1 N–H and O–H groups in total. The predicted molar refractivity (Wildman–Crippen MR) is 69.5 cm³/mol. The van der Waals surface area contributed by atoms with Crippen molar-refractivity contribution in [1.29, 1.82) is 0 Å². The lowest BCUT2D eigenvalue weighted by atomic mass is 10.1. The van der Waals surface area contributed by atoms with Crippen LogP contribution in [0.5, 0.6) is 0 Å². The van der Waals surface area contributed by atoms with Crippen LogP contribution in [-0.4, -0.2) is 26.7 Å². The second kappa shape index (κ2) is 4.32. The van der Waals surface area contributed by atoms with E-state index in [1.54, 1.807) is 10.7 Å². The minimum atomic E-state index is -0.730. The summed E-state index contributed by atoms with van der Waals surface area (Å²) in [5.74, 6) is -0.227. The second-order valence-corrected chi connectivity index (χ2v) is 5.94. The van der Waals surface area contributed by atoms with Crippen molar-refractivity contribution in [2.75, 3.05) is 5.32 Å². The highest BCUT2D eigenvalue weighted by Gasteiger charge is 2.53. The van der Waals surface area contributed by atoms with E-state index in [9.17, 15) is 14.9 Å². The van der Waals surface area contributed by atoms with E-state index >= 15 is 0 Å². The minimum Gasteiger partial charge on any atom is -0.310 e. The number of aryl methyl sites for hydroxylation is 1. The van der Waals surface area contributed by atoms with Gasteiger partial charge in [0, 0.05) is 17.4 Å². The smallest absolute Gasteiger partial charge is 0.235 e. The molecule has 1 saturated carbocycles. The van der Waals surface area contributed by atoms with E-state index in [1.165, 1.54) is 0 Å². The summed E-state index contributed by atoms with van der Waals surface area (Å²) in [4.78, 5) is 22.1. The summed E-state index contributed by atoms with van der Waals surface area (Å²) in [6.45, 7) is 7.78. The van der Waals surface area contributed by atoms with Crippen LogP contribution in [0.25, 0.3) is 0 Å². The lowest BCUT2D eigenvalue weighted by Gasteiger charge is -2.22. The molecule has 0 aliphatic heterocycles. The zero-order valence-electron chi connectivity index (χ0n) is 11.5. The van der Waals surface area contributed by atoms with Crippen molar-refractivity contribution in [1.82, 2.24) is 9.78 Å². The maximum absolute atomic E-state index is 11.9. The van der Waals surface area contributed by atoms with Gasteiger partial charge in [0.15, 0.2) is 0 Å². The van der Waals surface area contributed by atoms with Crippen LogP contribution in [0, 0.1) is 23.0 Å². The SMILES string of the molecule is Cc1cc(NC(=O)[C@@H]2C[C@@H]2[N+](=O)[O-])n(C(C)(C)C)n1. The number of rotatable bonds is 3. The Morgan fingerprint density at radius 2 is 2.21 bits per heavy atom. The van der Waals surface area contributed by atoms with Gasteiger partial charge < -0.3 is 5.32 Å². The fourth-order valence-corrected chi connectivity index (χ4v) is 2.02. The van der Waals surface area contributed by atoms with Crippen molar-refractivity contribution in [2.45, 2.75) is 45.7 Å². The Bertz CT molecular complexity index is 530. The summed E-state index contributed by atoms with van der Waals surface area (Å²) in [6.07, 6.45) is 0.321. The Kier molecular flexibility index (Phi) is 3.07. The maximum Gasteiger partial charge on any atom is 0.235 e. The van der Waals surface area contributed by atoms with Gasteiger partial charge in [-0.2, -0.15) is 5.10 Å². The van der Waals surface area contributed by atoms with Crippen molar-refractivity contribution in [2.24, 2.45) is 5.92 Å². The van der Waals surface area contributed by atoms with Crippen LogP contribution >= 0.6 is 0 Å². The van der Waals surface area contributed by atoms with E-state index in [0.29, 0.717) is 12.2 Å². The molecule has 1 aliphatic carbocycles. The van der Waals surface area contributed by atoms with Crippen molar-refractivity contribution < 1.29 is 9.72 Å². The standard InChI is InChI=1S/C12H18N4O3/c1-7-5-10(15(14-7)12(2,3)4)13-11(17)8-6-9(8)16(18)19/h5,8-9H,6H2,1-4H3,(H,13,17)/t8-,9+/m1/s1. The normalized spacial score (nSPS) is 22.1. The summed E-state index contributed by atoms with van der Waals surface area (Å²) in [7, 11) is 0. The third-order valence-electron chi connectivity index (χ3n) is 3.08. The molecule has 0 radical (unpaired) electrons. The van der Waals surface area contributed by atoms with E-state index < -0.39 is 16.9 Å². The number of nitrogens with one attached hydrogen (secondary N) is 1.